The molecule has 4 heteroatoms. The Labute approximate surface area is 89.9 Å². The molecule has 0 spiro atoms. The molecule has 1 aliphatic rings. The van der Waals surface area contributed by atoms with Crippen LogP contribution in [-0.4, -0.2) is 29.7 Å². The van der Waals surface area contributed by atoms with Crippen LogP contribution in [-0.2, 0) is 10.2 Å². The minimum atomic E-state index is -0.0635. The van der Waals surface area contributed by atoms with Crippen molar-refractivity contribution in [1.82, 2.24) is 9.97 Å². The van der Waals surface area contributed by atoms with Crippen molar-refractivity contribution in [3.05, 3.63) is 23.8 Å². The number of nitrogens with two attached hydrogens (primary N) is 1. The van der Waals surface area contributed by atoms with Crippen molar-refractivity contribution < 1.29 is 4.74 Å². The summed E-state index contributed by atoms with van der Waals surface area (Å²) < 4.78 is 5.53. The van der Waals surface area contributed by atoms with Crippen LogP contribution in [0.5, 0.6) is 0 Å². The second kappa shape index (κ2) is 4.24. The van der Waals surface area contributed by atoms with E-state index in [0.29, 0.717) is 13.2 Å². The number of nitrogens with zero attached hydrogens (tertiary/aromatic N) is 2. The first kappa shape index (κ1) is 10.5. The first-order valence-electron chi connectivity index (χ1n) is 5.34. The highest BCUT2D eigenvalue weighted by Crippen LogP contribution is 2.31. The summed E-state index contributed by atoms with van der Waals surface area (Å²) in [5.74, 6) is 0.794. The summed E-state index contributed by atoms with van der Waals surface area (Å²) in [7, 11) is 0. The Hall–Kier alpha value is -1.00. The Kier molecular flexibility index (Phi) is 2.98. The average Bonchev–Trinajstić information content (AvgIpc) is 2.31. The lowest BCUT2D eigenvalue weighted by molar-refractivity contribution is 0.0374. The van der Waals surface area contributed by atoms with Crippen LogP contribution in [0.4, 0.5) is 0 Å². The van der Waals surface area contributed by atoms with E-state index in [1.54, 1.807) is 0 Å². The highest BCUT2D eigenvalue weighted by atomic mass is 16.5. The molecule has 2 heterocycles. The Morgan fingerprint density at radius 2 is 2.20 bits per heavy atom. The van der Waals surface area contributed by atoms with Gasteiger partial charge < -0.3 is 10.5 Å². The molecule has 0 radical (unpaired) electrons. The maximum Gasteiger partial charge on any atom is 0.125 e. The maximum atomic E-state index is 5.87. The van der Waals surface area contributed by atoms with Gasteiger partial charge in [0.2, 0.25) is 0 Å². The SMILES string of the molecule is Cc1ncc(C2(CN)CCCOC2)cn1. The van der Waals surface area contributed by atoms with Crippen LogP contribution in [0.2, 0.25) is 0 Å². The van der Waals surface area contributed by atoms with Crippen LogP contribution < -0.4 is 5.73 Å². The van der Waals surface area contributed by atoms with Crippen molar-refractivity contribution in [3.8, 4) is 0 Å². The Balaban J connectivity index is 2.28. The summed E-state index contributed by atoms with van der Waals surface area (Å²) in [5.41, 5.74) is 6.92. The largest absolute Gasteiger partial charge is 0.380 e. The molecule has 1 saturated heterocycles. The third kappa shape index (κ3) is 2.01. The van der Waals surface area contributed by atoms with Crippen LogP contribution in [0, 0.1) is 6.92 Å². The van der Waals surface area contributed by atoms with Gasteiger partial charge in [-0.05, 0) is 25.3 Å². The van der Waals surface area contributed by atoms with Gasteiger partial charge in [-0.3, -0.25) is 0 Å². The Bertz CT molecular complexity index is 317. The quantitative estimate of drug-likeness (QED) is 0.779. The lowest BCUT2D eigenvalue weighted by Gasteiger charge is -2.35. The molecule has 4 nitrogen and oxygen atoms in total. The molecular formula is C11H17N3O. The fourth-order valence-electron chi connectivity index (χ4n) is 2.03. The predicted octanol–water partition coefficient (Wildman–Crippen LogP) is 0.792. The molecule has 0 bridgehead atoms. The molecule has 2 rings (SSSR count). The number of ether oxygens (including phenoxy) is 1. The molecule has 82 valence electrons. The van der Waals surface area contributed by atoms with E-state index in [1.807, 2.05) is 19.3 Å². The summed E-state index contributed by atoms with van der Waals surface area (Å²) in [5, 5.41) is 0. The lowest BCUT2D eigenvalue weighted by Crippen LogP contribution is -2.43. The smallest absolute Gasteiger partial charge is 0.125 e. The van der Waals surface area contributed by atoms with Crippen LogP contribution in [0.3, 0.4) is 0 Å². The standard InChI is InChI=1S/C11H17N3O/c1-9-13-5-10(6-14-9)11(7-12)3-2-4-15-8-11/h5-6H,2-4,7-8,12H2,1H3. The number of aromatic nitrogens is 2. The van der Waals surface area contributed by atoms with Crippen LogP contribution in [0.25, 0.3) is 0 Å². The van der Waals surface area contributed by atoms with Crippen LogP contribution in [0.15, 0.2) is 12.4 Å². The fourth-order valence-corrected chi connectivity index (χ4v) is 2.03. The first-order chi connectivity index (χ1) is 7.27. The highest BCUT2D eigenvalue weighted by molar-refractivity contribution is 5.21. The van der Waals surface area contributed by atoms with Crippen molar-refractivity contribution in [1.29, 1.82) is 0 Å². The third-order valence-corrected chi connectivity index (χ3v) is 3.11. The average molecular weight is 207 g/mol. The van der Waals surface area contributed by atoms with Crippen LogP contribution in [0.1, 0.15) is 24.2 Å². The van der Waals surface area contributed by atoms with Gasteiger partial charge in [0, 0.05) is 31.0 Å². The highest BCUT2D eigenvalue weighted by Gasteiger charge is 2.33. The predicted molar refractivity (Wildman–Crippen MR) is 57.6 cm³/mol. The second-order valence-corrected chi connectivity index (χ2v) is 4.16. The number of hydrogen-bond acceptors (Lipinski definition) is 4. The van der Waals surface area contributed by atoms with E-state index in [0.717, 1.165) is 30.8 Å². The fraction of sp³-hybridized carbons (Fsp3) is 0.636. The maximum absolute atomic E-state index is 5.87. The van der Waals surface area contributed by atoms with Gasteiger partial charge >= 0.3 is 0 Å². The molecule has 2 N–H and O–H groups in total. The summed E-state index contributed by atoms with van der Waals surface area (Å²) >= 11 is 0. The van der Waals surface area contributed by atoms with E-state index in [9.17, 15) is 0 Å². The van der Waals surface area contributed by atoms with Crippen molar-refractivity contribution in [3.63, 3.8) is 0 Å². The van der Waals surface area contributed by atoms with Crippen molar-refractivity contribution in [2.24, 2.45) is 5.73 Å². The zero-order valence-electron chi connectivity index (χ0n) is 9.07. The van der Waals surface area contributed by atoms with Gasteiger partial charge in [-0.15, -0.1) is 0 Å². The zero-order chi connectivity index (χ0) is 10.7. The minimum Gasteiger partial charge on any atom is -0.380 e. The van der Waals surface area contributed by atoms with Gasteiger partial charge in [-0.2, -0.15) is 0 Å². The van der Waals surface area contributed by atoms with E-state index >= 15 is 0 Å². The molecule has 1 aromatic heterocycles. The molecule has 0 amide bonds. The normalized spacial score (nSPS) is 26.5. The molecule has 15 heavy (non-hydrogen) atoms. The molecule has 1 aromatic rings. The molecule has 1 atom stereocenters. The third-order valence-electron chi connectivity index (χ3n) is 3.11. The summed E-state index contributed by atoms with van der Waals surface area (Å²) in [6.45, 7) is 4.01. The van der Waals surface area contributed by atoms with Crippen molar-refractivity contribution in [2.75, 3.05) is 19.8 Å². The number of hydrogen-bond donors (Lipinski definition) is 1. The monoisotopic (exact) mass is 207 g/mol. The van der Waals surface area contributed by atoms with Gasteiger partial charge in [0.1, 0.15) is 5.82 Å². The van der Waals surface area contributed by atoms with E-state index < -0.39 is 0 Å². The zero-order valence-corrected chi connectivity index (χ0v) is 9.07. The van der Waals surface area contributed by atoms with Gasteiger partial charge in [-0.1, -0.05) is 0 Å². The lowest BCUT2D eigenvalue weighted by atomic mass is 9.77. The molecule has 1 unspecified atom stereocenters. The van der Waals surface area contributed by atoms with E-state index in [4.69, 9.17) is 10.5 Å². The summed E-state index contributed by atoms with van der Waals surface area (Å²) in [6.07, 6.45) is 5.88. The second-order valence-electron chi connectivity index (χ2n) is 4.16. The van der Waals surface area contributed by atoms with Gasteiger partial charge in [0.25, 0.3) is 0 Å². The van der Waals surface area contributed by atoms with E-state index in [2.05, 4.69) is 9.97 Å². The minimum absolute atomic E-state index is 0.0635. The molecule has 1 aliphatic heterocycles. The first-order valence-corrected chi connectivity index (χ1v) is 5.34. The van der Waals surface area contributed by atoms with Gasteiger partial charge in [0.05, 0.1) is 6.61 Å². The van der Waals surface area contributed by atoms with E-state index in [-0.39, 0.29) is 5.41 Å². The van der Waals surface area contributed by atoms with Crippen molar-refractivity contribution >= 4 is 0 Å². The molecule has 0 saturated carbocycles. The molecule has 0 aliphatic carbocycles. The van der Waals surface area contributed by atoms with E-state index in [1.165, 1.54) is 0 Å². The number of aryl methyl sites for hydroxylation is 1. The Morgan fingerprint density at radius 3 is 2.73 bits per heavy atom. The number of rotatable bonds is 2. The van der Waals surface area contributed by atoms with Gasteiger partial charge in [-0.25, -0.2) is 9.97 Å². The van der Waals surface area contributed by atoms with Gasteiger partial charge in [0.15, 0.2) is 0 Å². The molecule has 0 aromatic carbocycles. The van der Waals surface area contributed by atoms with Crippen LogP contribution >= 0.6 is 0 Å². The topological polar surface area (TPSA) is 61.0 Å². The molecular weight excluding hydrogens is 190 g/mol. The Morgan fingerprint density at radius 1 is 1.47 bits per heavy atom. The summed E-state index contributed by atoms with van der Waals surface area (Å²) in [6, 6.07) is 0. The van der Waals surface area contributed by atoms with Crippen molar-refractivity contribution in [2.45, 2.75) is 25.2 Å². The summed E-state index contributed by atoms with van der Waals surface area (Å²) in [4.78, 5) is 8.45. The molecule has 1 fully saturated rings.